The molecule has 0 bridgehead atoms. The summed E-state index contributed by atoms with van der Waals surface area (Å²) in [6.45, 7) is 2.18. The Balaban J connectivity index is 1.45. The lowest BCUT2D eigenvalue weighted by atomic mass is 10.0. The minimum absolute atomic E-state index is 0.0458. The normalized spacial score (nSPS) is 10.9. The van der Waals surface area contributed by atoms with Gasteiger partial charge < -0.3 is 5.32 Å². The number of aryl methyl sites for hydroxylation is 1. The summed E-state index contributed by atoms with van der Waals surface area (Å²) in [7, 11) is 0. The van der Waals surface area contributed by atoms with Gasteiger partial charge in [0.2, 0.25) is 5.91 Å². The molecule has 0 aliphatic heterocycles. The van der Waals surface area contributed by atoms with E-state index in [-0.39, 0.29) is 5.91 Å². The topological polar surface area (TPSA) is 42.0 Å². The Hall–Kier alpha value is -2.98. The Morgan fingerprint density at radius 2 is 1.79 bits per heavy atom. The van der Waals surface area contributed by atoms with E-state index < -0.39 is 0 Å². The fourth-order valence-corrected chi connectivity index (χ4v) is 4.11. The van der Waals surface area contributed by atoms with Crippen LogP contribution in [0.5, 0.6) is 0 Å². The molecule has 140 valence electrons. The van der Waals surface area contributed by atoms with E-state index in [0.29, 0.717) is 11.6 Å². The van der Waals surface area contributed by atoms with Crippen LogP contribution in [-0.2, 0) is 17.6 Å². The smallest absolute Gasteiger partial charge is 0.230 e. The lowest BCUT2D eigenvalue weighted by molar-refractivity contribution is -0.115. The van der Waals surface area contributed by atoms with Gasteiger partial charge in [-0.25, -0.2) is 4.98 Å². The Morgan fingerprint density at radius 1 is 1.00 bits per heavy atom. The molecule has 28 heavy (non-hydrogen) atoms. The van der Waals surface area contributed by atoms with Crippen molar-refractivity contribution >= 4 is 33.1 Å². The van der Waals surface area contributed by atoms with Gasteiger partial charge in [-0.1, -0.05) is 80.1 Å². The van der Waals surface area contributed by atoms with E-state index in [1.54, 1.807) is 0 Å². The summed E-state index contributed by atoms with van der Waals surface area (Å²) >= 11 is 1.46. The minimum Gasteiger partial charge on any atom is -0.302 e. The van der Waals surface area contributed by atoms with Crippen LogP contribution in [0.4, 0.5) is 5.13 Å². The van der Waals surface area contributed by atoms with Crippen LogP contribution >= 0.6 is 11.3 Å². The first kappa shape index (κ1) is 18.4. The van der Waals surface area contributed by atoms with E-state index in [9.17, 15) is 4.79 Å². The van der Waals surface area contributed by atoms with Gasteiger partial charge in [-0.05, 0) is 28.3 Å². The highest BCUT2D eigenvalue weighted by Crippen LogP contribution is 2.26. The van der Waals surface area contributed by atoms with Gasteiger partial charge in [0.25, 0.3) is 0 Å². The number of rotatable bonds is 6. The first-order chi connectivity index (χ1) is 13.7. The van der Waals surface area contributed by atoms with E-state index in [1.165, 1.54) is 16.9 Å². The molecule has 0 saturated heterocycles. The maximum atomic E-state index is 12.5. The second-order valence-electron chi connectivity index (χ2n) is 6.85. The van der Waals surface area contributed by atoms with Crippen molar-refractivity contribution in [2.45, 2.75) is 26.2 Å². The number of carbonyl (C=O) groups is 1. The zero-order valence-electron chi connectivity index (χ0n) is 15.8. The Labute approximate surface area is 169 Å². The first-order valence-corrected chi connectivity index (χ1v) is 10.4. The quantitative estimate of drug-likeness (QED) is 0.435. The molecule has 0 fully saturated rings. The van der Waals surface area contributed by atoms with Crippen LogP contribution in [0.25, 0.3) is 22.0 Å². The molecule has 3 nitrogen and oxygen atoms in total. The predicted molar refractivity (Wildman–Crippen MR) is 118 cm³/mol. The second kappa shape index (κ2) is 8.36. The van der Waals surface area contributed by atoms with Gasteiger partial charge in [0.1, 0.15) is 0 Å². The fourth-order valence-electron chi connectivity index (χ4n) is 3.38. The van der Waals surface area contributed by atoms with Crippen molar-refractivity contribution in [1.82, 2.24) is 4.98 Å². The molecule has 4 rings (SSSR count). The number of hydrogen-bond acceptors (Lipinski definition) is 3. The summed E-state index contributed by atoms with van der Waals surface area (Å²) in [5.41, 5.74) is 4.34. The van der Waals surface area contributed by atoms with E-state index in [4.69, 9.17) is 0 Å². The molecule has 0 saturated carbocycles. The van der Waals surface area contributed by atoms with Crippen molar-refractivity contribution in [2.24, 2.45) is 0 Å². The van der Waals surface area contributed by atoms with Crippen LogP contribution in [-0.4, -0.2) is 10.9 Å². The van der Waals surface area contributed by atoms with Crippen LogP contribution < -0.4 is 5.32 Å². The summed E-state index contributed by atoms with van der Waals surface area (Å²) in [5.74, 6) is -0.0458. The first-order valence-electron chi connectivity index (χ1n) is 9.54. The summed E-state index contributed by atoms with van der Waals surface area (Å²) < 4.78 is 0. The molecule has 3 aromatic carbocycles. The van der Waals surface area contributed by atoms with Crippen molar-refractivity contribution in [3.63, 3.8) is 0 Å². The van der Waals surface area contributed by atoms with E-state index in [2.05, 4.69) is 59.7 Å². The van der Waals surface area contributed by atoms with E-state index in [0.717, 1.165) is 40.4 Å². The van der Waals surface area contributed by atoms with Crippen molar-refractivity contribution in [2.75, 3.05) is 5.32 Å². The number of thiazole rings is 1. The lowest BCUT2D eigenvalue weighted by Crippen LogP contribution is -2.14. The zero-order valence-corrected chi connectivity index (χ0v) is 16.6. The van der Waals surface area contributed by atoms with Gasteiger partial charge in [-0.15, -0.1) is 11.3 Å². The van der Waals surface area contributed by atoms with Crippen LogP contribution in [0.1, 0.15) is 24.5 Å². The average Bonchev–Trinajstić information content (AvgIpc) is 3.17. The molecule has 0 spiro atoms. The number of carbonyl (C=O) groups excluding carboxylic acids is 1. The van der Waals surface area contributed by atoms with Gasteiger partial charge in [-0.2, -0.15) is 0 Å². The highest BCUT2D eigenvalue weighted by atomic mass is 32.1. The van der Waals surface area contributed by atoms with Crippen LogP contribution in [0.15, 0.2) is 72.1 Å². The maximum Gasteiger partial charge on any atom is 0.230 e. The standard InChI is InChI=1S/C24H22N2OS/c1-2-6-17-11-13-19(14-12-17)22-16-28-24(25-22)26-23(27)15-20-9-5-8-18-7-3-4-10-21(18)20/h3-5,7-14,16H,2,6,15H2,1H3,(H,25,26,27). The van der Waals surface area contributed by atoms with Crippen LogP contribution in [0, 0.1) is 0 Å². The third-order valence-corrected chi connectivity index (χ3v) is 5.53. The summed E-state index contributed by atoms with van der Waals surface area (Å²) in [6.07, 6.45) is 2.57. The summed E-state index contributed by atoms with van der Waals surface area (Å²) in [4.78, 5) is 17.1. The number of nitrogens with one attached hydrogen (secondary N) is 1. The highest BCUT2D eigenvalue weighted by molar-refractivity contribution is 7.14. The molecular formula is C24H22N2OS. The molecule has 0 atom stereocenters. The van der Waals surface area contributed by atoms with E-state index in [1.807, 2.05) is 29.6 Å². The molecule has 0 aliphatic carbocycles. The number of nitrogens with zero attached hydrogens (tertiary/aromatic N) is 1. The third-order valence-electron chi connectivity index (χ3n) is 4.77. The van der Waals surface area contributed by atoms with Crippen LogP contribution in [0.3, 0.4) is 0 Å². The van der Waals surface area contributed by atoms with Gasteiger partial charge in [-0.3, -0.25) is 4.79 Å². The van der Waals surface area contributed by atoms with Gasteiger partial charge in [0.15, 0.2) is 5.13 Å². The van der Waals surface area contributed by atoms with Crippen molar-refractivity contribution in [3.05, 3.63) is 83.2 Å². The zero-order chi connectivity index (χ0) is 19.3. The lowest BCUT2D eigenvalue weighted by Gasteiger charge is -2.06. The molecule has 0 aliphatic rings. The number of benzene rings is 3. The van der Waals surface area contributed by atoms with Crippen molar-refractivity contribution < 1.29 is 4.79 Å². The number of fused-ring (bicyclic) bond motifs is 1. The monoisotopic (exact) mass is 386 g/mol. The molecule has 1 heterocycles. The number of amides is 1. The molecule has 4 heteroatoms. The molecule has 0 unspecified atom stereocenters. The Kier molecular flexibility index (Phi) is 5.49. The number of anilines is 1. The predicted octanol–water partition coefficient (Wildman–Crippen LogP) is 6.10. The van der Waals surface area contributed by atoms with E-state index >= 15 is 0 Å². The summed E-state index contributed by atoms with van der Waals surface area (Å²) in [6, 6.07) is 22.7. The van der Waals surface area contributed by atoms with Gasteiger partial charge in [0, 0.05) is 10.9 Å². The van der Waals surface area contributed by atoms with Gasteiger partial charge >= 0.3 is 0 Å². The largest absolute Gasteiger partial charge is 0.302 e. The van der Waals surface area contributed by atoms with Crippen molar-refractivity contribution in [3.8, 4) is 11.3 Å². The van der Waals surface area contributed by atoms with Gasteiger partial charge in [0.05, 0.1) is 12.1 Å². The molecular weight excluding hydrogens is 364 g/mol. The Morgan fingerprint density at radius 3 is 2.61 bits per heavy atom. The molecule has 1 amide bonds. The Bertz CT molecular complexity index is 1090. The average molecular weight is 387 g/mol. The molecule has 1 N–H and O–H groups in total. The molecule has 4 aromatic rings. The number of hydrogen-bond donors (Lipinski definition) is 1. The SMILES string of the molecule is CCCc1ccc(-c2csc(NC(=O)Cc3cccc4ccccc34)n2)cc1. The fraction of sp³-hybridized carbons (Fsp3) is 0.167. The number of aromatic nitrogens is 1. The third kappa shape index (κ3) is 4.12. The highest BCUT2D eigenvalue weighted by Gasteiger charge is 2.10. The molecule has 0 radical (unpaired) electrons. The summed E-state index contributed by atoms with van der Waals surface area (Å²) in [5, 5.41) is 7.84. The minimum atomic E-state index is -0.0458. The van der Waals surface area contributed by atoms with Crippen LogP contribution in [0.2, 0.25) is 0 Å². The molecule has 1 aromatic heterocycles. The maximum absolute atomic E-state index is 12.5. The second-order valence-corrected chi connectivity index (χ2v) is 7.71. The van der Waals surface area contributed by atoms with Crippen molar-refractivity contribution in [1.29, 1.82) is 0 Å².